The summed E-state index contributed by atoms with van der Waals surface area (Å²) < 4.78 is 43.6. The zero-order valence-electron chi connectivity index (χ0n) is 46.0. The number of para-hydroxylation sites is 4. The molecule has 5 heterocycles. The van der Waals surface area contributed by atoms with Crippen molar-refractivity contribution in [1.82, 2.24) is 23.1 Å². The number of hydrogen-bond donors (Lipinski definition) is 0. The van der Waals surface area contributed by atoms with Crippen molar-refractivity contribution in [2.75, 3.05) is 0 Å². The molecule has 13 rings (SSSR count). The van der Waals surface area contributed by atoms with Gasteiger partial charge in [-0.2, -0.15) is 0 Å². The van der Waals surface area contributed by atoms with Gasteiger partial charge in [0.1, 0.15) is 0 Å². The fourth-order valence-corrected chi connectivity index (χ4v) is 12.1. The number of aryl methyl sites for hydroxylation is 1. The Morgan fingerprint density at radius 3 is 1.82 bits per heavy atom. The molecule has 13 aromatic rings. The molecule has 0 radical (unpaired) electrons. The van der Waals surface area contributed by atoms with Crippen molar-refractivity contribution in [3.63, 3.8) is 0 Å². The molecule has 0 bridgehead atoms. The molecule has 368 valence electrons. The maximum absolute atomic E-state index is 8.83. The van der Waals surface area contributed by atoms with E-state index in [9.17, 15) is 0 Å². The topological polar surface area (TPSA) is 41.3 Å². The summed E-state index contributed by atoms with van der Waals surface area (Å²) in [5.41, 5.74) is 13.9. The van der Waals surface area contributed by atoms with Crippen LogP contribution in [0.25, 0.3) is 99.3 Å². The van der Waals surface area contributed by atoms with Gasteiger partial charge >= 0.3 is 300 Å². The van der Waals surface area contributed by atoms with Gasteiger partial charge in [0.2, 0.25) is 0 Å². The molecule has 0 aliphatic carbocycles. The fraction of sp³-hybridized carbons (Fsp3) is 0.194. The van der Waals surface area contributed by atoms with E-state index in [4.69, 9.17) is 13.8 Å². The Hall–Kier alpha value is -7.53. The number of pyridine rings is 1. The van der Waals surface area contributed by atoms with Crippen molar-refractivity contribution in [3.8, 4) is 39.8 Å². The van der Waals surface area contributed by atoms with Gasteiger partial charge in [0.05, 0.1) is 16.6 Å². The molecule has 0 fully saturated rings. The number of hydrogen-bond acceptors (Lipinski definition) is 2. The van der Waals surface area contributed by atoms with Crippen LogP contribution in [0, 0.1) is 22.8 Å². The second-order valence-electron chi connectivity index (χ2n) is 23.0. The predicted octanol–water partition coefficient (Wildman–Crippen LogP) is 17.4. The van der Waals surface area contributed by atoms with Gasteiger partial charge in [0, 0.05) is 37.4 Å². The number of aromatic nitrogens is 5. The zero-order valence-corrected chi connectivity index (χ0v) is 45.3. The molecule has 0 spiro atoms. The van der Waals surface area contributed by atoms with Crippen LogP contribution in [0.4, 0.5) is 0 Å². The van der Waals surface area contributed by atoms with Crippen LogP contribution in [-0.2, 0) is 35.6 Å². The summed E-state index contributed by atoms with van der Waals surface area (Å²) in [6.07, 6.45) is 1.70. The molecule has 5 aromatic heterocycles. The number of ether oxygens (including phenoxy) is 1. The molecule has 74 heavy (non-hydrogen) atoms. The second-order valence-corrected chi connectivity index (χ2v) is 24.0. The van der Waals surface area contributed by atoms with Crippen molar-refractivity contribution < 1.29 is 28.2 Å². The van der Waals surface area contributed by atoms with Crippen LogP contribution >= 0.6 is 0 Å². The first-order valence-corrected chi connectivity index (χ1v) is 26.5. The van der Waals surface area contributed by atoms with E-state index >= 15 is 0 Å². The molecule has 6 nitrogen and oxygen atoms in total. The molecule has 0 unspecified atom stereocenters. The first-order chi connectivity index (χ1) is 36.6. The van der Waals surface area contributed by atoms with Gasteiger partial charge in [0.25, 0.3) is 0 Å². The number of imidazole rings is 1. The quantitative estimate of drug-likeness (QED) is 0.156. The number of nitrogens with zero attached hydrogens (tertiary/aromatic N) is 5. The van der Waals surface area contributed by atoms with E-state index in [0.717, 1.165) is 70.0 Å². The fourth-order valence-electron chi connectivity index (χ4n) is 11.0. The third kappa shape index (κ3) is 7.31. The van der Waals surface area contributed by atoms with Crippen LogP contribution in [0.2, 0.25) is 0 Å². The van der Waals surface area contributed by atoms with Gasteiger partial charge in [-0.25, -0.2) is 0 Å². The molecular formula is C67H57N5OPt-2. The molecule has 0 atom stereocenters. The third-order valence-electron chi connectivity index (χ3n) is 15.0. The molecule has 0 amide bonds. The van der Waals surface area contributed by atoms with E-state index < -0.39 is 6.85 Å². The molecule has 0 saturated carbocycles. The Morgan fingerprint density at radius 1 is 0.500 bits per heavy atom. The van der Waals surface area contributed by atoms with E-state index in [1.807, 2.05) is 36.4 Å². The van der Waals surface area contributed by atoms with Crippen molar-refractivity contribution in [3.05, 3.63) is 202 Å². The minimum absolute atomic E-state index is 0.0580. The molecule has 8 aromatic carbocycles. The van der Waals surface area contributed by atoms with Crippen molar-refractivity contribution in [1.29, 1.82) is 0 Å². The average Bonchev–Trinajstić information content (AvgIpc) is 4.11. The maximum atomic E-state index is 8.83. The van der Waals surface area contributed by atoms with E-state index in [2.05, 4.69) is 227 Å². The Morgan fingerprint density at radius 2 is 1.12 bits per heavy atom. The standard InChI is InChI=1S/C67H57N5O.Pt/c1-41-29-63(68-39-56(41)42-19-12-11-13-20-42)71-60-36-48(27-28-51(60)54-37-55-53-23-18-22-52-50-21-14-15-24-57(50)72(64(52)53)62(55)38-61(54)71)73-49-34-45(67(8,9)10)33-47(35-49)70-40-69(58-25-16-17-26-59(58)70)46-31-43(65(2,3)4)30-44(32-46)66(5,6)7;/h11-34,37-39H,1-10H3;/q-2;/i1D3;. The Labute approximate surface area is 447 Å². The van der Waals surface area contributed by atoms with Crippen LogP contribution < -0.4 is 4.74 Å². The average molecular weight is 1150 g/mol. The predicted molar refractivity (Wildman–Crippen MR) is 303 cm³/mol. The van der Waals surface area contributed by atoms with Crippen LogP contribution in [0.3, 0.4) is 0 Å². The van der Waals surface area contributed by atoms with Crippen molar-refractivity contribution >= 4 is 70.9 Å². The first kappa shape index (κ1) is 42.9. The van der Waals surface area contributed by atoms with Crippen molar-refractivity contribution in [2.45, 2.75) is 85.4 Å². The third-order valence-corrected chi connectivity index (χ3v) is 16.0. The monoisotopic (exact) mass is 1150 g/mol. The first-order valence-electron chi connectivity index (χ1n) is 26.9. The molecule has 7 heteroatoms. The molecule has 0 aliphatic heterocycles. The Bertz CT molecular complexity index is 4580. The minimum atomic E-state index is -2.43. The summed E-state index contributed by atoms with van der Waals surface area (Å²) in [5, 5.41) is 6.63. The van der Waals surface area contributed by atoms with Gasteiger partial charge in [0.15, 0.2) is 0 Å². The van der Waals surface area contributed by atoms with E-state index in [0.29, 0.717) is 28.4 Å². The van der Waals surface area contributed by atoms with E-state index in [-0.39, 0.29) is 21.8 Å². The summed E-state index contributed by atoms with van der Waals surface area (Å²) in [4.78, 5) is 5.11. The zero-order chi connectivity index (χ0) is 53.7. The summed E-state index contributed by atoms with van der Waals surface area (Å²) in [5.74, 6) is 1.50. The second kappa shape index (κ2) is 16.5. The van der Waals surface area contributed by atoms with E-state index in [1.54, 1.807) is 12.3 Å². The minimum Gasteiger partial charge on any atom is -0.0622 e. The van der Waals surface area contributed by atoms with Gasteiger partial charge in [-0.1, -0.05) is 66.7 Å². The summed E-state index contributed by atoms with van der Waals surface area (Å²) in [7, 11) is 0. The van der Waals surface area contributed by atoms with Crippen LogP contribution in [0.1, 0.15) is 88.7 Å². The number of fused-ring (bicyclic) bond motifs is 10. The van der Waals surface area contributed by atoms with Crippen LogP contribution in [-0.4, -0.2) is 23.1 Å². The van der Waals surface area contributed by atoms with Crippen LogP contribution in [0.15, 0.2) is 164 Å². The number of benzene rings is 8. The van der Waals surface area contributed by atoms with E-state index in [1.165, 1.54) is 32.8 Å². The molecule has 0 N–H and O–H groups in total. The smallest absolute Gasteiger partial charge is 0.0622 e. The molecule has 0 saturated heterocycles. The Kier molecular flexibility index (Phi) is 9.56. The van der Waals surface area contributed by atoms with Gasteiger partial charge in [-0.3, -0.25) is 0 Å². The van der Waals surface area contributed by atoms with Crippen molar-refractivity contribution in [2.24, 2.45) is 0 Å². The van der Waals surface area contributed by atoms with Gasteiger partial charge in [-0.05, 0) is 24.0 Å². The van der Waals surface area contributed by atoms with Gasteiger partial charge in [-0.15, -0.1) is 0 Å². The van der Waals surface area contributed by atoms with Gasteiger partial charge < -0.3 is 4.40 Å². The summed E-state index contributed by atoms with van der Waals surface area (Å²) in [6, 6.07) is 62.5. The number of rotatable bonds is 6. The molecule has 0 aliphatic rings. The summed E-state index contributed by atoms with van der Waals surface area (Å²) >= 11 is 2.48. The van der Waals surface area contributed by atoms with Crippen LogP contribution in [0.5, 0.6) is 11.5 Å². The SMILES string of the molecule is [2H]C([2H])([2H])c1cc(-n2c3[c-]c(Oc4[c-]c(-n5[c](=[Pt])n(-c6cc(C(C)(C)C)cc(C(C)(C)C)c6)c6ccccc65)cc(C(C)(C)C)c4)ccc3c3cc4c5cccc6c7ccccc7n(c4cc32)c65)ncc1-c1ccccc1. The molecular weight excluding hydrogens is 1090 g/mol. The normalized spacial score (nSPS) is 13.6. The summed E-state index contributed by atoms with van der Waals surface area (Å²) in [6.45, 7) is 17.9. The Balaban J connectivity index is 1.02.